The van der Waals surface area contributed by atoms with Crippen LogP contribution in [0.4, 0.5) is 0 Å². The number of carbonyl (C=O) groups is 1. The summed E-state index contributed by atoms with van der Waals surface area (Å²) in [4.78, 5) is 12.0. The second-order valence-corrected chi connectivity index (χ2v) is 9.36. The third-order valence-corrected chi connectivity index (χ3v) is 7.82. The topological polar surface area (TPSA) is 98.0 Å². The molecule has 2 saturated carbocycles. The molecule has 0 radical (unpaired) electrons. The van der Waals surface area contributed by atoms with E-state index in [0.717, 1.165) is 12.8 Å². The van der Waals surface area contributed by atoms with Crippen LogP contribution in [0.15, 0.2) is 11.6 Å². The Morgan fingerprint density at radius 2 is 1.84 bits per heavy atom. The summed E-state index contributed by atoms with van der Waals surface area (Å²) in [6.45, 7) is 7.63. The van der Waals surface area contributed by atoms with Crippen molar-refractivity contribution in [2.24, 2.45) is 28.6 Å². The Labute approximate surface area is 149 Å². The van der Waals surface area contributed by atoms with Crippen LogP contribution in [0.2, 0.25) is 0 Å². The largest absolute Gasteiger partial charge is 0.481 e. The van der Waals surface area contributed by atoms with Crippen LogP contribution in [0.5, 0.6) is 0 Å². The van der Waals surface area contributed by atoms with E-state index in [2.05, 4.69) is 6.92 Å². The van der Waals surface area contributed by atoms with Crippen molar-refractivity contribution in [3.05, 3.63) is 11.6 Å². The van der Waals surface area contributed by atoms with Crippen LogP contribution in [0, 0.1) is 28.6 Å². The summed E-state index contributed by atoms with van der Waals surface area (Å²) < 4.78 is 0. The number of aliphatic hydroxyl groups excluding tert-OH is 2. The van der Waals surface area contributed by atoms with Crippen molar-refractivity contribution in [1.82, 2.24) is 0 Å². The van der Waals surface area contributed by atoms with E-state index in [1.165, 1.54) is 0 Å². The average molecular weight is 352 g/mol. The molecule has 0 spiro atoms. The van der Waals surface area contributed by atoms with Gasteiger partial charge in [-0.25, -0.2) is 0 Å². The minimum atomic E-state index is -1.18. The number of carboxylic acids is 1. The van der Waals surface area contributed by atoms with Crippen molar-refractivity contribution in [1.29, 1.82) is 0 Å². The van der Waals surface area contributed by atoms with Crippen molar-refractivity contribution in [2.75, 3.05) is 0 Å². The molecule has 5 nitrogen and oxygen atoms in total. The van der Waals surface area contributed by atoms with Crippen LogP contribution in [-0.2, 0) is 4.79 Å². The molecule has 0 aromatic rings. The van der Waals surface area contributed by atoms with Crippen LogP contribution in [0.25, 0.3) is 0 Å². The molecule has 3 rings (SSSR count). The quantitative estimate of drug-likeness (QED) is 0.572. The van der Waals surface area contributed by atoms with E-state index in [4.69, 9.17) is 0 Å². The van der Waals surface area contributed by atoms with Crippen molar-refractivity contribution in [3.63, 3.8) is 0 Å². The fourth-order valence-corrected chi connectivity index (χ4v) is 6.25. The minimum Gasteiger partial charge on any atom is -0.481 e. The highest BCUT2D eigenvalue weighted by atomic mass is 16.4. The highest BCUT2D eigenvalue weighted by molar-refractivity contribution is 5.75. The Kier molecular flexibility index (Phi) is 4.37. The van der Waals surface area contributed by atoms with Gasteiger partial charge in [0.05, 0.1) is 17.1 Å². The normalized spacial score (nSPS) is 50.0. The Bertz CT molecular complexity index is 599. The molecule has 0 amide bonds. The Hall–Kier alpha value is -0.910. The fraction of sp³-hybridized carbons (Fsp3) is 0.850. The Morgan fingerprint density at radius 3 is 2.40 bits per heavy atom. The first-order valence-corrected chi connectivity index (χ1v) is 9.52. The van der Waals surface area contributed by atoms with E-state index >= 15 is 0 Å². The average Bonchev–Trinajstić information content (AvgIpc) is 2.50. The molecule has 0 heterocycles. The second-order valence-electron chi connectivity index (χ2n) is 9.36. The number of hydrogen-bond acceptors (Lipinski definition) is 4. The zero-order chi connectivity index (χ0) is 18.8. The molecule has 25 heavy (non-hydrogen) atoms. The molecule has 2 unspecified atom stereocenters. The van der Waals surface area contributed by atoms with Gasteiger partial charge in [-0.2, -0.15) is 0 Å². The smallest absolute Gasteiger partial charge is 0.309 e. The van der Waals surface area contributed by atoms with Gasteiger partial charge in [-0.3, -0.25) is 4.79 Å². The summed E-state index contributed by atoms with van der Waals surface area (Å²) in [6, 6.07) is 0. The molecule has 0 aromatic heterocycles. The van der Waals surface area contributed by atoms with Gasteiger partial charge >= 0.3 is 5.97 Å². The van der Waals surface area contributed by atoms with Crippen molar-refractivity contribution < 1.29 is 25.2 Å². The van der Waals surface area contributed by atoms with Gasteiger partial charge in [0.2, 0.25) is 0 Å². The zero-order valence-corrected chi connectivity index (χ0v) is 15.7. The molecule has 0 aliphatic heterocycles. The predicted octanol–water partition coefficient (Wildman–Crippen LogP) is 2.34. The second kappa shape index (κ2) is 5.80. The highest BCUT2D eigenvalue weighted by Crippen LogP contribution is 2.63. The number of aliphatic hydroxyl groups is 3. The van der Waals surface area contributed by atoms with Gasteiger partial charge in [-0.15, -0.1) is 0 Å². The molecule has 0 aromatic carbocycles. The SMILES string of the molecule is CC(C)[C@]1(O)CCC2C(=C[C@H](O)C3[C@]2(C)CCC[C@@]3(C)C(=O)O)[C@H]1O. The molecule has 5 heteroatoms. The first kappa shape index (κ1) is 18.9. The van der Waals surface area contributed by atoms with Crippen LogP contribution >= 0.6 is 0 Å². The van der Waals surface area contributed by atoms with Crippen molar-refractivity contribution >= 4 is 5.97 Å². The maximum Gasteiger partial charge on any atom is 0.309 e. The van der Waals surface area contributed by atoms with E-state index < -0.39 is 29.2 Å². The molecular weight excluding hydrogens is 320 g/mol. The van der Waals surface area contributed by atoms with E-state index in [0.29, 0.717) is 24.8 Å². The molecule has 0 bridgehead atoms. The molecule has 3 aliphatic carbocycles. The molecule has 3 aliphatic rings. The lowest BCUT2D eigenvalue weighted by Crippen LogP contribution is -2.62. The Morgan fingerprint density at radius 1 is 1.20 bits per heavy atom. The van der Waals surface area contributed by atoms with Gasteiger partial charge in [0, 0.05) is 5.92 Å². The number of carboxylic acid groups (broad SMARTS) is 1. The van der Waals surface area contributed by atoms with Gasteiger partial charge in [0.25, 0.3) is 0 Å². The third kappa shape index (κ3) is 2.42. The highest BCUT2D eigenvalue weighted by Gasteiger charge is 2.63. The lowest BCUT2D eigenvalue weighted by molar-refractivity contribution is -0.179. The van der Waals surface area contributed by atoms with Gasteiger partial charge < -0.3 is 20.4 Å². The minimum absolute atomic E-state index is 0.00824. The number of hydrogen-bond donors (Lipinski definition) is 4. The number of fused-ring (bicyclic) bond motifs is 3. The summed E-state index contributed by atoms with van der Waals surface area (Å²) >= 11 is 0. The zero-order valence-electron chi connectivity index (χ0n) is 15.7. The molecule has 7 atom stereocenters. The monoisotopic (exact) mass is 352 g/mol. The van der Waals surface area contributed by atoms with Crippen LogP contribution in [-0.4, -0.2) is 44.2 Å². The van der Waals surface area contributed by atoms with Gasteiger partial charge in [-0.1, -0.05) is 33.3 Å². The van der Waals surface area contributed by atoms with Crippen LogP contribution < -0.4 is 0 Å². The van der Waals surface area contributed by atoms with E-state index in [1.807, 2.05) is 13.8 Å². The Balaban J connectivity index is 2.08. The standard InChI is InChI=1S/C20H32O5/c1-11(2)20(25)9-6-13-12(16(20)22)10-14(21)15-18(13,3)7-5-8-19(15,4)17(23)24/h10-11,13-16,21-22,25H,5-9H2,1-4H3,(H,23,24)/t13?,14-,15?,16+,18+,19+,20+/m0/s1. The first-order chi connectivity index (χ1) is 11.5. The fourth-order valence-electron chi connectivity index (χ4n) is 6.25. The summed E-state index contributed by atoms with van der Waals surface area (Å²) in [6.07, 6.45) is 3.15. The maximum absolute atomic E-state index is 12.0. The number of aliphatic carboxylic acids is 1. The maximum atomic E-state index is 12.0. The lowest BCUT2D eigenvalue weighted by Gasteiger charge is -2.60. The number of rotatable bonds is 2. The summed E-state index contributed by atoms with van der Waals surface area (Å²) in [5.74, 6) is -1.32. The van der Waals surface area contributed by atoms with E-state index in [1.54, 1.807) is 13.0 Å². The molecular formula is C20H32O5. The third-order valence-electron chi connectivity index (χ3n) is 7.82. The van der Waals surface area contributed by atoms with Crippen LogP contribution in [0.3, 0.4) is 0 Å². The van der Waals surface area contributed by atoms with Gasteiger partial charge in [0.15, 0.2) is 0 Å². The van der Waals surface area contributed by atoms with Crippen molar-refractivity contribution in [3.8, 4) is 0 Å². The predicted molar refractivity (Wildman–Crippen MR) is 93.8 cm³/mol. The summed E-state index contributed by atoms with van der Waals surface area (Å²) in [7, 11) is 0. The lowest BCUT2D eigenvalue weighted by atomic mass is 9.44. The molecule has 0 saturated heterocycles. The van der Waals surface area contributed by atoms with E-state index in [9.17, 15) is 25.2 Å². The molecule has 142 valence electrons. The summed E-state index contributed by atoms with van der Waals surface area (Å²) in [5, 5.41) is 42.6. The summed E-state index contributed by atoms with van der Waals surface area (Å²) in [5.41, 5.74) is -1.82. The molecule has 4 N–H and O–H groups in total. The van der Waals surface area contributed by atoms with Gasteiger partial charge in [0.1, 0.15) is 6.10 Å². The first-order valence-electron chi connectivity index (χ1n) is 9.52. The van der Waals surface area contributed by atoms with E-state index in [-0.39, 0.29) is 23.2 Å². The molecule has 2 fully saturated rings. The van der Waals surface area contributed by atoms with Crippen LogP contribution in [0.1, 0.15) is 59.8 Å². The van der Waals surface area contributed by atoms with Gasteiger partial charge in [-0.05, 0) is 55.4 Å². The van der Waals surface area contributed by atoms with Crippen molar-refractivity contribution in [2.45, 2.75) is 77.6 Å².